The number of imidazole rings is 1. The summed E-state index contributed by atoms with van der Waals surface area (Å²) in [5.74, 6) is -0.789. The van der Waals surface area contributed by atoms with E-state index >= 15 is 0 Å². The van der Waals surface area contributed by atoms with Crippen LogP contribution in [0.2, 0.25) is 0 Å². The fourth-order valence-electron chi connectivity index (χ4n) is 2.20. The zero-order chi connectivity index (χ0) is 14.3. The molecule has 20 heavy (non-hydrogen) atoms. The number of carboxylic acids is 1. The third kappa shape index (κ3) is 1.83. The molecule has 0 unspecified atom stereocenters. The number of carbonyl (C=O) groups excluding carboxylic acids is 1. The fourth-order valence-corrected chi connectivity index (χ4v) is 2.20. The summed E-state index contributed by atoms with van der Waals surface area (Å²) >= 11 is 0. The van der Waals surface area contributed by atoms with Crippen molar-refractivity contribution in [3.05, 3.63) is 40.3 Å². The van der Waals surface area contributed by atoms with Gasteiger partial charge in [-0.05, 0) is 18.6 Å². The Kier molecular flexibility index (Phi) is 2.74. The largest absolute Gasteiger partial charge is 0.550 e. The van der Waals surface area contributed by atoms with Gasteiger partial charge >= 0.3 is 0 Å². The van der Waals surface area contributed by atoms with Crippen LogP contribution >= 0.6 is 0 Å². The minimum absolute atomic E-state index is 0.0142. The zero-order valence-electron chi connectivity index (χ0n) is 10.7. The summed E-state index contributed by atoms with van der Waals surface area (Å²) in [6, 6.07) is 7.51. The molecular weight excluding hydrogens is 260 g/mol. The molecule has 0 aliphatic carbocycles. The summed E-state index contributed by atoms with van der Waals surface area (Å²) in [5.41, 5.74) is 1.33. The number of aliphatic carboxylic acids is 1. The van der Waals surface area contributed by atoms with Gasteiger partial charge < -0.3 is 14.5 Å². The van der Waals surface area contributed by atoms with Crippen LogP contribution in [0.1, 0.15) is 12.1 Å². The number of nitrogens with zero attached hydrogens (tertiary/aromatic N) is 4. The van der Waals surface area contributed by atoms with E-state index in [1.165, 1.54) is 0 Å². The molecule has 0 N–H and O–H groups in total. The predicted octanol–water partition coefficient (Wildman–Crippen LogP) is -0.736. The smallest absolute Gasteiger partial charge is 0.296 e. The van der Waals surface area contributed by atoms with Crippen molar-refractivity contribution < 1.29 is 9.90 Å². The Balaban J connectivity index is 2.26. The third-order valence-electron chi connectivity index (χ3n) is 3.20. The van der Waals surface area contributed by atoms with Crippen LogP contribution in [-0.2, 0) is 18.3 Å². The van der Waals surface area contributed by atoms with E-state index in [1.807, 2.05) is 24.3 Å². The van der Waals surface area contributed by atoms with Gasteiger partial charge in [0.05, 0.1) is 11.0 Å². The Labute approximate surface area is 113 Å². The molecule has 2 aromatic heterocycles. The van der Waals surface area contributed by atoms with Crippen molar-refractivity contribution in [2.75, 3.05) is 0 Å². The number of hydrogen-bond donors (Lipinski definition) is 0. The van der Waals surface area contributed by atoms with Crippen LogP contribution in [0.25, 0.3) is 16.8 Å². The van der Waals surface area contributed by atoms with Crippen LogP contribution in [0, 0.1) is 0 Å². The second-order valence-electron chi connectivity index (χ2n) is 4.50. The minimum atomic E-state index is -1.21. The van der Waals surface area contributed by atoms with Crippen molar-refractivity contribution in [1.29, 1.82) is 0 Å². The highest BCUT2D eigenvalue weighted by Gasteiger charge is 2.12. The molecule has 3 rings (SSSR count). The van der Waals surface area contributed by atoms with Crippen molar-refractivity contribution in [3.8, 4) is 0 Å². The van der Waals surface area contributed by atoms with Gasteiger partial charge in [-0.1, -0.05) is 12.1 Å². The normalized spacial score (nSPS) is 11.2. The Morgan fingerprint density at radius 2 is 2.00 bits per heavy atom. The lowest BCUT2D eigenvalue weighted by atomic mass is 10.2. The molecule has 7 nitrogen and oxygen atoms in total. The topological polar surface area (TPSA) is 92.3 Å². The molecule has 2 heterocycles. The first kappa shape index (κ1) is 12.3. The first-order valence-electron chi connectivity index (χ1n) is 6.11. The van der Waals surface area contributed by atoms with Gasteiger partial charge in [-0.3, -0.25) is 4.79 Å². The van der Waals surface area contributed by atoms with E-state index in [4.69, 9.17) is 0 Å². The Bertz CT molecular complexity index is 878. The van der Waals surface area contributed by atoms with Gasteiger partial charge in [0, 0.05) is 19.4 Å². The summed E-state index contributed by atoms with van der Waals surface area (Å²) in [7, 11) is 1.80. The average molecular weight is 271 g/mol. The molecule has 0 spiro atoms. The van der Waals surface area contributed by atoms with Crippen LogP contribution < -0.4 is 10.7 Å². The third-order valence-corrected chi connectivity index (χ3v) is 3.20. The van der Waals surface area contributed by atoms with Crippen LogP contribution in [0.15, 0.2) is 29.1 Å². The summed E-state index contributed by atoms with van der Waals surface area (Å²) in [4.78, 5) is 26.3. The van der Waals surface area contributed by atoms with E-state index in [1.54, 1.807) is 16.1 Å². The fraction of sp³-hybridized carbons (Fsp3) is 0.231. The molecule has 0 fully saturated rings. The van der Waals surface area contributed by atoms with Crippen LogP contribution in [0.5, 0.6) is 0 Å². The van der Waals surface area contributed by atoms with Crippen molar-refractivity contribution in [2.45, 2.75) is 12.8 Å². The Hall–Kier alpha value is -2.70. The molecule has 0 aliphatic heterocycles. The van der Waals surface area contributed by atoms with Crippen molar-refractivity contribution in [2.24, 2.45) is 7.05 Å². The van der Waals surface area contributed by atoms with E-state index in [0.29, 0.717) is 5.78 Å². The summed E-state index contributed by atoms with van der Waals surface area (Å²) < 4.78 is 3.33. The first-order chi connectivity index (χ1) is 9.58. The van der Waals surface area contributed by atoms with E-state index in [9.17, 15) is 14.7 Å². The van der Waals surface area contributed by atoms with Gasteiger partial charge in [0.15, 0.2) is 0 Å². The molecule has 0 saturated heterocycles. The number of aryl methyl sites for hydroxylation is 2. The maximum absolute atomic E-state index is 11.9. The summed E-state index contributed by atoms with van der Waals surface area (Å²) in [6.07, 6.45) is -0.235. The highest BCUT2D eigenvalue weighted by Crippen LogP contribution is 2.16. The van der Waals surface area contributed by atoms with Crippen molar-refractivity contribution in [1.82, 2.24) is 19.2 Å². The number of benzene rings is 1. The number of rotatable bonds is 3. The molecule has 1 aromatic carbocycles. The van der Waals surface area contributed by atoms with Gasteiger partial charge in [0.2, 0.25) is 5.78 Å². The molecular formula is C13H11N4O3-. The number of carboxylic acid groups (broad SMARTS) is 1. The molecule has 102 valence electrons. The van der Waals surface area contributed by atoms with E-state index < -0.39 is 11.5 Å². The van der Waals surface area contributed by atoms with Crippen molar-refractivity contribution in [3.63, 3.8) is 0 Å². The van der Waals surface area contributed by atoms with Gasteiger partial charge in [-0.2, -0.15) is 14.6 Å². The van der Waals surface area contributed by atoms with Crippen molar-refractivity contribution >= 4 is 22.8 Å². The lowest BCUT2D eigenvalue weighted by Gasteiger charge is -2.02. The molecule has 0 amide bonds. The van der Waals surface area contributed by atoms with E-state index in [0.717, 1.165) is 11.0 Å². The Morgan fingerprint density at radius 3 is 2.70 bits per heavy atom. The maximum Gasteiger partial charge on any atom is 0.296 e. The van der Waals surface area contributed by atoms with Gasteiger partial charge in [-0.15, -0.1) is 0 Å². The highest BCUT2D eigenvalue weighted by molar-refractivity contribution is 5.79. The SMILES string of the molecule is Cn1c2ccccc2n2nc(CCC(=O)[O-])c(=O)nc12. The summed E-state index contributed by atoms with van der Waals surface area (Å²) in [5, 5.41) is 14.7. The second-order valence-corrected chi connectivity index (χ2v) is 4.50. The number of hydrogen-bond acceptors (Lipinski definition) is 5. The minimum Gasteiger partial charge on any atom is -0.550 e. The molecule has 0 bridgehead atoms. The summed E-state index contributed by atoms with van der Waals surface area (Å²) in [6.45, 7) is 0. The van der Waals surface area contributed by atoms with E-state index in [-0.39, 0.29) is 18.5 Å². The second kappa shape index (κ2) is 4.44. The number of aromatic nitrogens is 4. The predicted molar refractivity (Wildman–Crippen MR) is 69.1 cm³/mol. The standard InChI is InChI=1S/C13H12N4O3/c1-16-9-4-2-3-5-10(9)17-13(16)14-12(20)8(15-17)6-7-11(18)19/h2-5H,6-7H2,1H3,(H,18,19)/p-1. The number of fused-ring (bicyclic) bond motifs is 3. The monoisotopic (exact) mass is 271 g/mol. The molecule has 0 aliphatic rings. The van der Waals surface area contributed by atoms with Crippen LogP contribution in [0.3, 0.4) is 0 Å². The van der Waals surface area contributed by atoms with Gasteiger partial charge in [-0.25, -0.2) is 0 Å². The number of carbonyl (C=O) groups is 1. The molecule has 7 heteroatoms. The average Bonchev–Trinajstić information content (AvgIpc) is 2.70. The van der Waals surface area contributed by atoms with Gasteiger partial charge in [0.1, 0.15) is 5.69 Å². The number of para-hydroxylation sites is 2. The van der Waals surface area contributed by atoms with E-state index in [2.05, 4.69) is 10.1 Å². The van der Waals surface area contributed by atoms with Crippen LogP contribution in [-0.4, -0.2) is 25.1 Å². The first-order valence-corrected chi connectivity index (χ1v) is 6.11. The highest BCUT2D eigenvalue weighted by atomic mass is 16.4. The zero-order valence-corrected chi connectivity index (χ0v) is 10.7. The van der Waals surface area contributed by atoms with Crippen LogP contribution in [0.4, 0.5) is 0 Å². The lowest BCUT2D eigenvalue weighted by molar-refractivity contribution is -0.305. The maximum atomic E-state index is 11.9. The Morgan fingerprint density at radius 1 is 1.30 bits per heavy atom. The lowest BCUT2D eigenvalue weighted by Crippen LogP contribution is -2.25. The molecule has 0 radical (unpaired) electrons. The molecule has 3 aromatic rings. The molecule has 0 saturated carbocycles. The molecule has 0 atom stereocenters. The quantitative estimate of drug-likeness (QED) is 0.626. The van der Waals surface area contributed by atoms with Gasteiger partial charge in [0.25, 0.3) is 5.56 Å².